The molecule has 3 rings (SSSR count). The number of pyridine rings is 1. The second kappa shape index (κ2) is 6.45. The van der Waals surface area contributed by atoms with Crippen LogP contribution in [-0.4, -0.2) is 25.2 Å². The first-order chi connectivity index (χ1) is 11.5. The minimum atomic E-state index is -0.478. The molecule has 7 nitrogen and oxygen atoms in total. The van der Waals surface area contributed by atoms with Gasteiger partial charge in [0.05, 0.1) is 0 Å². The van der Waals surface area contributed by atoms with Gasteiger partial charge in [-0.25, -0.2) is 13.9 Å². The van der Waals surface area contributed by atoms with Gasteiger partial charge in [-0.1, -0.05) is 12.1 Å². The van der Waals surface area contributed by atoms with E-state index in [1.54, 1.807) is 37.5 Å². The predicted octanol–water partition coefficient (Wildman–Crippen LogP) is 1.42. The van der Waals surface area contributed by atoms with Gasteiger partial charge in [-0.15, -0.1) is 5.10 Å². The summed E-state index contributed by atoms with van der Waals surface area (Å²) in [5, 5.41) is 6.67. The van der Waals surface area contributed by atoms with E-state index >= 15 is 0 Å². The van der Waals surface area contributed by atoms with Crippen LogP contribution in [0.15, 0.2) is 53.5 Å². The third-order valence-electron chi connectivity index (χ3n) is 3.34. The van der Waals surface area contributed by atoms with Crippen LogP contribution < -0.4 is 11.0 Å². The van der Waals surface area contributed by atoms with Crippen molar-refractivity contribution in [3.05, 3.63) is 65.0 Å². The zero-order valence-electron chi connectivity index (χ0n) is 12.8. The van der Waals surface area contributed by atoms with Crippen molar-refractivity contribution in [2.75, 3.05) is 5.32 Å². The molecule has 1 amide bonds. The van der Waals surface area contributed by atoms with Gasteiger partial charge >= 0.3 is 5.69 Å². The van der Waals surface area contributed by atoms with Crippen molar-refractivity contribution >= 4 is 11.6 Å². The largest absolute Gasteiger partial charge is 0.346 e. The van der Waals surface area contributed by atoms with E-state index < -0.39 is 17.4 Å². The van der Waals surface area contributed by atoms with E-state index in [-0.39, 0.29) is 6.54 Å². The summed E-state index contributed by atoms with van der Waals surface area (Å²) in [7, 11) is 1.56. The Hall–Kier alpha value is -3.29. The molecule has 122 valence electrons. The van der Waals surface area contributed by atoms with Crippen LogP contribution in [0.1, 0.15) is 0 Å². The van der Waals surface area contributed by atoms with E-state index in [2.05, 4.69) is 15.4 Å². The normalized spacial score (nSPS) is 10.6. The van der Waals surface area contributed by atoms with Crippen molar-refractivity contribution in [2.45, 2.75) is 6.54 Å². The van der Waals surface area contributed by atoms with Crippen LogP contribution >= 0.6 is 0 Å². The minimum absolute atomic E-state index is 0.282. The highest BCUT2D eigenvalue weighted by atomic mass is 19.1. The second-order valence-electron chi connectivity index (χ2n) is 5.10. The molecule has 0 aliphatic heterocycles. The summed E-state index contributed by atoms with van der Waals surface area (Å²) in [6.45, 7) is -0.282. The van der Waals surface area contributed by atoms with Gasteiger partial charge in [-0.05, 0) is 30.3 Å². The number of benzene rings is 1. The van der Waals surface area contributed by atoms with Gasteiger partial charge in [-0.3, -0.25) is 14.3 Å². The number of hydrogen-bond acceptors (Lipinski definition) is 4. The molecule has 0 unspecified atom stereocenters. The summed E-state index contributed by atoms with van der Waals surface area (Å²) >= 11 is 0. The van der Waals surface area contributed by atoms with Gasteiger partial charge < -0.3 is 5.32 Å². The standard InChI is InChI=1S/C16H14FN5O2/c1-21-15(13-7-2-3-8-18-13)20-22(16(21)24)10-14(23)19-12-6-4-5-11(17)9-12/h2-9H,10H2,1H3,(H,19,23). The summed E-state index contributed by atoms with van der Waals surface area (Å²) in [6, 6.07) is 10.8. The molecular formula is C16H14FN5O2. The number of carbonyl (C=O) groups excluding carboxylic acids is 1. The van der Waals surface area contributed by atoms with E-state index in [0.29, 0.717) is 17.2 Å². The van der Waals surface area contributed by atoms with Crippen LogP contribution in [0.4, 0.5) is 10.1 Å². The summed E-state index contributed by atoms with van der Waals surface area (Å²) in [5.74, 6) is -0.576. The van der Waals surface area contributed by atoms with Gasteiger partial charge in [0.15, 0.2) is 5.82 Å². The van der Waals surface area contributed by atoms with Crippen LogP contribution in [0.5, 0.6) is 0 Å². The molecule has 0 aliphatic carbocycles. The molecule has 0 radical (unpaired) electrons. The van der Waals surface area contributed by atoms with Gasteiger partial charge in [0.2, 0.25) is 5.91 Å². The Bertz CT molecular complexity index is 933. The van der Waals surface area contributed by atoms with E-state index in [1.807, 2.05) is 0 Å². The maximum absolute atomic E-state index is 13.1. The number of halogens is 1. The van der Waals surface area contributed by atoms with Crippen LogP contribution in [0, 0.1) is 5.82 Å². The average Bonchev–Trinajstić information content (AvgIpc) is 2.84. The highest BCUT2D eigenvalue weighted by Crippen LogP contribution is 2.11. The number of hydrogen-bond donors (Lipinski definition) is 1. The van der Waals surface area contributed by atoms with Crippen LogP contribution in [-0.2, 0) is 18.4 Å². The number of carbonyl (C=O) groups is 1. The fourth-order valence-electron chi connectivity index (χ4n) is 2.21. The number of anilines is 1. The Morgan fingerprint density at radius 2 is 2.08 bits per heavy atom. The third kappa shape index (κ3) is 3.22. The van der Waals surface area contributed by atoms with Crippen molar-refractivity contribution in [3.63, 3.8) is 0 Å². The third-order valence-corrected chi connectivity index (χ3v) is 3.34. The van der Waals surface area contributed by atoms with Crippen molar-refractivity contribution < 1.29 is 9.18 Å². The molecule has 0 bridgehead atoms. The molecule has 0 aliphatic rings. The van der Waals surface area contributed by atoms with Crippen LogP contribution in [0.2, 0.25) is 0 Å². The fourth-order valence-corrected chi connectivity index (χ4v) is 2.21. The Balaban J connectivity index is 1.81. The Morgan fingerprint density at radius 3 is 2.79 bits per heavy atom. The fraction of sp³-hybridized carbons (Fsp3) is 0.125. The topological polar surface area (TPSA) is 81.8 Å². The van der Waals surface area contributed by atoms with E-state index in [1.165, 1.54) is 22.8 Å². The molecule has 2 heterocycles. The number of nitrogens with zero attached hydrogens (tertiary/aromatic N) is 4. The molecule has 1 aromatic carbocycles. The first kappa shape index (κ1) is 15.6. The number of amides is 1. The predicted molar refractivity (Wildman–Crippen MR) is 85.7 cm³/mol. The Kier molecular flexibility index (Phi) is 4.19. The highest BCUT2D eigenvalue weighted by molar-refractivity contribution is 5.90. The Morgan fingerprint density at radius 1 is 1.25 bits per heavy atom. The molecule has 2 aromatic heterocycles. The molecule has 0 saturated heterocycles. The quantitative estimate of drug-likeness (QED) is 0.786. The molecular weight excluding hydrogens is 313 g/mol. The lowest BCUT2D eigenvalue weighted by atomic mass is 10.3. The zero-order valence-corrected chi connectivity index (χ0v) is 12.8. The van der Waals surface area contributed by atoms with E-state index in [9.17, 15) is 14.0 Å². The first-order valence-corrected chi connectivity index (χ1v) is 7.15. The molecule has 3 aromatic rings. The van der Waals surface area contributed by atoms with Crippen molar-refractivity contribution in [3.8, 4) is 11.5 Å². The van der Waals surface area contributed by atoms with Gasteiger partial charge in [-0.2, -0.15) is 0 Å². The van der Waals surface area contributed by atoms with Crippen molar-refractivity contribution in [1.29, 1.82) is 0 Å². The lowest BCUT2D eigenvalue weighted by Crippen LogP contribution is -2.29. The smallest absolute Gasteiger partial charge is 0.324 e. The molecule has 24 heavy (non-hydrogen) atoms. The zero-order chi connectivity index (χ0) is 17.1. The summed E-state index contributed by atoms with van der Waals surface area (Å²) in [5.41, 5.74) is 0.403. The van der Waals surface area contributed by atoms with Crippen molar-refractivity contribution in [2.24, 2.45) is 7.05 Å². The number of rotatable bonds is 4. The maximum Gasteiger partial charge on any atom is 0.346 e. The highest BCUT2D eigenvalue weighted by Gasteiger charge is 2.15. The molecule has 8 heteroatoms. The summed E-state index contributed by atoms with van der Waals surface area (Å²) in [6.07, 6.45) is 1.59. The molecule has 0 saturated carbocycles. The van der Waals surface area contributed by atoms with Gasteiger partial charge in [0, 0.05) is 18.9 Å². The molecule has 0 fully saturated rings. The number of aromatic nitrogens is 4. The minimum Gasteiger partial charge on any atom is -0.324 e. The SMILES string of the molecule is Cn1c(-c2ccccn2)nn(CC(=O)Nc2cccc(F)c2)c1=O. The number of nitrogens with one attached hydrogen (secondary N) is 1. The van der Waals surface area contributed by atoms with Gasteiger partial charge in [0.1, 0.15) is 18.1 Å². The Labute approximate surface area is 136 Å². The van der Waals surface area contributed by atoms with E-state index in [4.69, 9.17) is 0 Å². The van der Waals surface area contributed by atoms with E-state index in [0.717, 1.165) is 4.68 Å². The van der Waals surface area contributed by atoms with Crippen molar-refractivity contribution in [1.82, 2.24) is 19.3 Å². The average molecular weight is 327 g/mol. The summed E-state index contributed by atoms with van der Waals surface area (Å²) in [4.78, 5) is 28.4. The lowest BCUT2D eigenvalue weighted by Gasteiger charge is -2.04. The van der Waals surface area contributed by atoms with Crippen LogP contribution in [0.25, 0.3) is 11.5 Å². The second-order valence-corrected chi connectivity index (χ2v) is 5.10. The molecule has 1 N–H and O–H groups in total. The molecule has 0 spiro atoms. The maximum atomic E-state index is 13.1. The summed E-state index contributed by atoms with van der Waals surface area (Å²) < 4.78 is 15.5. The van der Waals surface area contributed by atoms with Gasteiger partial charge in [0.25, 0.3) is 0 Å². The molecule has 0 atom stereocenters. The van der Waals surface area contributed by atoms with Crippen LogP contribution in [0.3, 0.4) is 0 Å². The lowest BCUT2D eigenvalue weighted by molar-refractivity contribution is -0.117. The first-order valence-electron chi connectivity index (χ1n) is 7.15. The monoisotopic (exact) mass is 327 g/mol.